The van der Waals surface area contributed by atoms with Gasteiger partial charge in [0.1, 0.15) is 0 Å². The van der Waals surface area contributed by atoms with Crippen molar-refractivity contribution in [1.82, 2.24) is 4.90 Å². The standard InChI is InChI=1S/C9H17N/c1-5-8-10(7-3)9(4)6-2/h5-6,8-9H,2,7H2,1,3-4H3/b8-5-. The Hall–Kier alpha value is -0.720. The minimum absolute atomic E-state index is 0.446. The van der Waals surface area contributed by atoms with Gasteiger partial charge in [0.2, 0.25) is 0 Å². The summed E-state index contributed by atoms with van der Waals surface area (Å²) < 4.78 is 0. The first kappa shape index (κ1) is 9.28. The second-order valence-electron chi connectivity index (χ2n) is 2.29. The van der Waals surface area contributed by atoms with Gasteiger partial charge in [0.05, 0.1) is 0 Å². The largest absolute Gasteiger partial charge is 0.372 e. The highest BCUT2D eigenvalue weighted by molar-refractivity contribution is 4.90. The molecule has 0 aliphatic rings. The maximum absolute atomic E-state index is 3.74. The van der Waals surface area contributed by atoms with Gasteiger partial charge in [-0.15, -0.1) is 6.58 Å². The Balaban J connectivity index is 3.91. The molecule has 10 heavy (non-hydrogen) atoms. The molecule has 1 nitrogen and oxygen atoms in total. The van der Waals surface area contributed by atoms with E-state index in [0.29, 0.717) is 6.04 Å². The average Bonchev–Trinajstić information content (AvgIpc) is 1.99. The van der Waals surface area contributed by atoms with Crippen LogP contribution in [0.25, 0.3) is 0 Å². The van der Waals surface area contributed by atoms with E-state index in [4.69, 9.17) is 0 Å². The van der Waals surface area contributed by atoms with Crippen LogP contribution >= 0.6 is 0 Å². The molecular weight excluding hydrogens is 122 g/mol. The van der Waals surface area contributed by atoms with Crippen molar-refractivity contribution in [1.29, 1.82) is 0 Å². The Morgan fingerprint density at radius 3 is 2.50 bits per heavy atom. The Labute approximate surface area is 64.0 Å². The van der Waals surface area contributed by atoms with Gasteiger partial charge in [0, 0.05) is 12.6 Å². The summed E-state index contributed by atoms with van der Waals surface area (Å²) in [6, 6.07) is 0.446. The fraction of sp³-hybridized carbons (Fsp3) is 0.556. The number of hydrogen-bond donors (Lipinski definition) is 0. The zero-order valence-corrected chi connectivity index (χ0v) is 7.17. The molecule has 0 radical (unpaired) electrons. The molecule has 0 aliphatic carbocycles. The fourth-order valence-corrected chi connectivity index (χ4v) is 0.856. The molecule has 0 saturated heterocycles. The molecule has 1 atom stereocenters. The molecule has 0 saturated carbocycles. The summed E-state index contributed by atoms with van der Waals surface area (Å²) >= 11 is 0. The second kappa shape index (κ2) is 5.10. The molecule has 1 heteroatoms. The van der Waals surface area contributed by atoms with Crippen molar-refractivity contribution in [2.24, 2.45) is 0 Å². The smallest absolute Gasteiger partial charge is 0.0436 e. The lowest BCUT2D eigenvalue weighted by atomic mass is 10.3. The van der Waals surface area contributed by atoms with Gasteiger partial charge in [-0.1, -0.05) is 12.2 Å². The normalized spacial score (nSPS) is 13.5. The van der Waals surface area contributed by atoms with E-state index < -0.39 is 0 Å². The summed E-state index contributed by atoms with van der Waals surface area (Å²) in [5.74, 6) is 0. The van der Waals surface area contributed by atoms with Crippen molar-refractivity contribution >= 4 is 0 Å². The third-order valence-electron chi connectivity index (χ3n) is 1.57. The lowest BCUT2D eigenvalue weighted by Gasteiger charge is -2.23. The van der Waals surface area contributed by atoms with Crippen LogP contribution in [-0.4, -0.2) is 17.5 Å². The molecule has 0 heterocycles. The summed E-state index contributed by atoms with van der Waals surface area (Å²) in [4.78, 5) is 2.23. The van der Waals surface area contributed by atoms with Gasteiger partial charge in [-0.25, -0.2) is 0 Å². The topological polar surface area (TPSA) is 3.24 Å². The number of rotatable bonds is 4. The van der Waals surface area contributed by atoms with Gasteiger partial charge < -0.3 is 4.90 Å². The van der Waals surface area contributed by atoms with Crippen LogP contribution in [-0.2, 0) is 0 Å². The van der Waals surface area contributed by atoms with Crippen LogP contribution in [0.3, 0.4) is 0 Å². The predicted molar refractivity (Wildman–Crippen MR) is 46.9 cm³/mol. The van der Waals surface area contributed by atoms with E-state index in [1.54, 1.807) is 0 Å². The maximum Gasteiger partial charge on any atom is 0.0436 e. The number of likely N-dealkylation sites (N-methyl/N-ethyl adjacent to an activating group) is 1. The van der Waals surface area contributed by atoms with Crippen LogP contribution in [0.5, 0.6) is 0 Å². The molecule has 0 aliphatic heterocycles. The van der Waals surface area contributed by atoms with Crippen molar-refractivity contribution in [3.63, 3.8) is 0 Å². The molecule has 0 bridgehead atoms. The van der Waals surface area contributed by atoms with Gasteiger partial charge >= 0.3 is 0 Å². The van der Waals surface area contributed by atoms with E-state index in [1.807, 2.05) is 19.1 Å². The van der Waals surface area contributed by atoms with Crippen molar-refractivity contribution in [2.75, 3.05) is 6.54 Å². The predicted octanol–water partition coefficient (Wildman–Crippen LogP) is 2.42. The van der Waals surface area contributed by atoms with Gasteiger partial charge in [-0.2, -0.15) is 0 Å². The molecule has 0 aromatic rings. The first-order chi connectivity index (χ1) is 4.76. The quantitative estimate of drug-likeness (QED) is 0.541. The Morgan fingerprint density at radius 1 is 1.60 bits per heavy atom. The average molecular weight is 139 g/mol. The summed E-state index contributed by atoms with van der Waals surface area (Å²) in [6.07, 6.45) is 6.08. The molecule has 1 unspecified atom stereocenters. The van der Waals surface area contributed by atoms with Crippen LogP contribution in [0.1, 0.15) is 20.8 Å². The number of allylic oxidation sites excluding steroid dienone is 1. The van der Waals surface area contributed by atoms with Crippen molar-refractivity contribution < 1.29 is 0 Å². The third kappa shape index (κ3) is 2.72. The van der Waals surface area contributed by atoms with E-state index in [-0.39, 0.29) is 0 Å². The number of hydrogen-bond acceptors (Lipinski definition) is 1. The molecule has 0 fully saturated rings. The van der Waals surface area contributed by atoms with E-state index in [0.717, 1.165) is 6.54 Å². The van der Waals surface area contributed by atoms with Crippen LogP contribution in [0.2, 0.25) is 0 Å². The van der Waals surface area contributed by atoms with Gasteiger partial charge in [-0.3, -0.25) is 0 Å². The monoisotopic (exact) mass is 139 g/mol. The van der Waals surface area contributed by atoms with Crippen LogP contribution in [0.15, 0.2) is 24.9 Å². The molecule has 58 valence electrons. The van der Waals surface area contributed by atoms with Gasteiger partial charge in [0.15, 0.2) is 0 Å². The molecule has 0 spiro atoms. The van der Waals surface area contributed by atoms with Gasteiger partial charge in [0.25, 0.3) is 0 Å². The van der Waals surface area contributed by atoms with Crippen LogP contribution < -0.4 is 0 Å². The molecule has 0 aromatic heterocycles. The minimum Gasteiger partial charge on any atom is -0.372 e. The summed E-state index contributed by atoms with van der Waals surface area (Å²) in [5, 5.41) is 0. The molecule has 0 N–H and O–H groups in total. The summed E-state index contributed by atoms with van der Waals surface area (Å²) in [6.45, 7) is 11.1. The summed E-state index contributed by atoms with van der Waals surface area (Å²) in [5.41, 5.74) is 0. The van der Waals surface area contributed by atoms with Crippen LogP contribution in [0.4, 0.5) is 0 Å². The Kier molecular flexibility index (Phi) is 4.73. The van der Waals surface area contributed by atoms with E-state index >= 15 is 0 Å². The number of nitrogens with zero attached hydrogens (tertiary/aromatic N) is 1. The minimum atomic E-state index is 0.446. The molecular formula is C9H17N. The Bertz CT molecular complexity index is 116. The highest BCUT2D eigenvalue weighted by Crippen LogP contribution is 1.99. The third-order valence-corrected chi connectivity index (χ3v) is 1.57. The van der Waals surface area contributed by atoms with Crippen molar-refractivity contribution in [2.45, 2.75) is 26.8 Å². The molecule has 0 aromatic carbocycles. The van der Waals surface area contributed by atoms with E-state index in [2.05, 4.69) is 31.5 Å². The zero-order chi connectivity index (χ0) is 7.98. The fourth-order valence-electron chi connectivity index (χ4n) is 0.856. The summed E-state index contributed by atoms with van der Waals surface area (Å²) in [7, 11) is 0. The first-order valence-corrected chi connectivity index (χ1v) is 3.77. The van der Waals surface area contributed by atoms with Crippen molar-refractivity contribution in [3.8, 4) is 0 Å². The SMILES string of the molecule is C=CC(C)N(/C=C\C)CC. The van der Waals surface area contributed by atoms with Crippen LogP contribution in [0, 0.1) is 0 Å². The molecule has 0 rings (SSSR count). The van der Waals surface area contributed by atoms with E-state index in [9.17, 15) is 0 Å². The first-order valence-electron chi connectivity index (χ1n) is 3.77. The zero-order valence-electron chi connectivity index (χ0n) is 7.17. The maximum atomic E-state index is 3.74. The second-order valence-corrected chi connectivity index (χ2v) is 2.29. The molecule has 0 amide bonds. The lowest BCUT2D eigenvalue weighted by molar-refractivity contribution is 0.354. The highest BCUT2D eigenvalue weighted by atomic mass is 15.1. The Morgan fingerprint density at radius 2 is 2.20 bits per heavy atom. The highest BCUT2D eigenvalue weighted by Gasteiger charge is 2.00. The van der Waals surface area contributed by atoms with E-state index in [1.165, 1.54) is 0 Å². The lowest BCUT2D eigenvalue weighted by Crippen LogP contribution is -2.25. The van der Waals surface area contributed by atoms with Gasteiger partial charge in [-0.05, 0) is 27.0 Å². The van der Waals surface area contributed by atoms with Crippen molar-refractivity contribution in [3.05, 3.63) is 24.9 Å².